The van der Waals surface area contributed by atoms with Gasteiger partial charge in [-0.1, -0.05) is 140 Å². The Bertz CT molecular complexity index is 3580. The Morgan fingerprint density at radius 1 is 0.407 bits per heavy atom. The maximum atomic E-state index is 6.45. The van der Waals surface area contributed by atoms with Gasteiger partial charge in [-0.25, -0.2) is 15.0 Å². The zero-order valence-corrected chi connectivity index (χ0v) is 32.4. The lowest BCUT2D eigenvalue weighted by molar-refractivity contribution is 0.669. The fourth-order valence-corrected chi connectivity index (χ4v) is 9.82. The van der Waals surface area contributed by atoms with Crippen LogP contribution in [0.2, 0.25) is 0 Å². The predicted octanol–water partition coefficient (Wildman–Crippen LogP) is 14.9. The van der Waals surface area contributed by atoms with E-state index in [2.05, 4.69) is 169 Å². The Hall–Kier alpha value is -7.67. The molecule has 6 heteroatoms. The number of rotatable bonds is 6. The van der Waals surface area contributed by atoms with Gasteiger partial charge in [0.1, 0.15) is 11.2 Å². The van der Waals surface area contributed by atoms with Crippen LogP contribution in [0.1, 0.15) is 0 Å². The van der Waals surface area contributed by atoms with E-state index >= 15 is 0 Å². The maximum Gasteiger partial charge on any atom is 0.164 e. The van der Waals surface area contributed by atoms with Crippen LogP contribution in [0.5, 0.6) is 0 Å². The smallest absolute Gasteiger partial charge is 0.164 e. The maximum absolute atomic E-state index is 6.45. The molecule has 0 bridgehead atoms. The van der Waals surface area contributed by atoms with Gasteiger partial charge in [0.2, 0.25) is 0 Å². The number of benzene rings is 9. The highest BCUT2D eigenvalue weighted by Crippen LogP contribution is 2.50. The molecule has 0 amide bonds. The molecule has 12 aromatic rings. The van der Waals surface area contributed by atoms with E-state index in [1.165, 1.54) is 25.6 Å². The van der Waals surface area contributed by atoms with Gasteiger partial charge in [0.05, 0.1) is 5.69 Å². The van der Waals surface area contributed by atoms with E-state index in [1.54, 1.807) is 0 Å². The molecular formula is C53H32N4OS. The molecule has 9 aromatic carbocycles. The van der Waals surface area contributed by atoms with Gasteiger partial charge in [-0.2, -0.15) is 0 Å². The van der Waals surface area contributed by atoms with Crippen LogP contribution in [0, 0.1) is 0 Å². The highest BCUT2D eigenvalue weighted by atomic mass is 32.1. The van der Waals surface area contributed by atoms with E-state index in [0.717, 1.165) is 71.8 Å². The van der Waals surface area contributed by atoms with E-state index in [9.17, 15) is 0 Å². The number of anilines is 3. The number of aromatic nitrogens is 3. The summed E-state index contributed by atoms with van der Waals surface area (Å²) in [6, 6.07) is 68.0. The number of hydrogen-bond acceptors (Lipinski definition) is 6. The highest BCUT2D eigenvalue weighted by Gasteiger charge is 2.24. The van der Waals surface area contributed by atoms with Gasteiger partial charge in [-0.15, -0.1) is 11.3 Å². The van der Waals surface area contributed by atoms with Crippen LogP contribution in [-0.4, -0.2) is 15.0 Å². The average Bonchev–Trinajstić information content (AvgIpc) is 3.88. The van der Waals surface area contributed by atoms with Crippen molar-refractivity contribution >= 4 is 92.1 Å². The van der Waals surface area contributed by atoms with Crippen LogP contribution in [-0.2, 0) is 0 Å². The minimum Gasteiger partial charge on any atom is -0.456 e. The lowest BCUT2D eigenvalue weighted by atomic mass is 9.98. The molecule has 0 aliphatic carbocycles. The first-order valence-corrected chi connectivity index (χ1v) is 20.5. The van der Waals surface area contributed by atoms with Gasteiger partial charge in [0, 0.05) is 70.5 Å². The molecule has 3 heterocycles. The summed E-state index contributed by atoms with van der Waals surface area (Å²) in [5.41, 5.74) is 7.73. The third-order valence-corrected chi connectivity index (χ3v) is 12.4. The van der Waals surface area contributed by atoms with Crippen LogP contribution in [0.3, 0.4) is 0 Å². The summed E-state index contributed by atoms with van der Waals surface area (Å²) in [6.07, 6.45) is 0. The first-order chi connectivity index (χ1) is 29.2. The summed E-state index contributed by atoms with van der Waals surface area (Å²) in [4.78, 5) is 18.0. The topological polar surface area (TPSA) is 55.1 Å². The van der Waals surface area contributed by atoms with Crippen LogP contribution in [0.25, 0.3) is 97.8 Å². The molecule has 0 radical (unpaired) electrons. The van der Waals surface area contributed by atoms with Crippen molar-refractivity contribution in [3.8, 4) is 34.2 Å². The summed E-state index contributed by atoms with van der Waals surface area (Å²) in [5, 5.41) is 9.10. The minimum absolute atomic E-state index is 0.634. The molecule has 0 N–H and O–H groups in total. The first kappa shape index (κ1) is 33.5. The third kappa shape index (κ3) is 5.57. The number of fused-ring (bicyclic) bond motifs is 9. The van der Waals surface area contributed by atoms with Crippen LogP contribution in [0.4, 0.5) is 17.1 Å². The SMILES string of the molecule is c1ccc(-c2nc(-c3ccc4ccccc4c3)nc(-c3cccc4cc(N(c5ccccc5)c5ccc6c(c5)oc5ccccc56)c5c6ccccc6sc5c34)n2)cc1. The van der Waals surface area contributed by atoms with Crippen molar-refractivity contribution in [3.05, 3.63) is 194 Å². The van der Waals surface area contributed by atoms with Crippen LogP contribution >= 0.6 is 11.3 Å². The molecule has 0 saturated carbocycles. The molecule has 0 saturated heterocycles. The fourth-order valence-electron chi connectivity index (χ4n) is 8.53. The number of hydrogen-bond donors (Lipinski definition) is 0. The Balaban J connectivity index is 1.13. The average molecular weight is 773 g/mol. The number of furan rings is 1. The first-order valence-electron chi connectivity index (χ1n) is 19.7. The second kappa shape index (κ2) is 13.5. The minimum atomic E-state index is 0.634. The van der Waals surface area contributed by atoms with Gasteiger partial charge in [0.15, 0.2) is 17.5 Å². The second-order valence-electron chi connectivity index (χ2n) is 14.8. The van der Waals surface area contributed by atoms with E-state index in [0.29, 0.717) is 17.5 Å². The van der Waals surface area contributed by atoms with Crippen LogP contribution in [0.15, 0.2) is 199 Å². The molecule has 0 atom stereocenters. The van der Waals surface area contributed by atoms with E-state index in [1.807, 2.05) is 41.7 Å². The Kier molecular flexibility index (Phi) is 7.64. The normalized spacial score (nSPS) is 11.7. The van der Waals surface area contributed by atoms with Crippen molar-refractivity contribution in [3.63, 3.8) is 0 Å². The van der Waals surface area contributed by atoms with E-state index in [-0.39, 0.29) is 0 Å². The zero-order chi connectivity index (χ0) is 38.9. The lowest BCUT2D eigenvalue weighted by Crippen LogP contribution is -2.10. The number of thiophene rings is 1. The second-order valence-corrected chi connectivity index (χ2v) is 15.8. The standard InChI is InChI=1S/C53H32N4OS/c1-3-15-34(16-4-1)51-54-52(37-27-26-33-14-7-8-17-35(33)30-37)56-53(55-51)43-23-13-18-36-31-44(49-42-22-10-12-25-47(42)59-50(49)48(36)43)57(38-19-5-2-6-20-38)39-28-29-41-40-21-9-11-24-45(40)58-46(41)32-39/h1-32H. The molecular weight excluding hydrogens is 741 g/mol. The lowest BCUT2D eigenvalue weighted by Gasteiger charge is -2.27. The molecule has 0 aliphatic heterocycles. The Morgan fingerprint density at radius 2 is 1.08 bits per heavy atom. The van der Waals surface area contributed by atoms with Crippen molar-refractivity contribution in [2.45, 2.75) is 0 Å². The molecule has 276 valence electrons. The predicted molar refractivity (Wildman–Crippen MR) is 246 cm³/mol. The molecule has 0 fully saturated rings. The quantitative estimate of drug-likeness (QED) is 0.168. The van der Waals surface area contributed by atoms with Crippen molar-refractivity contribution in [1.82, 2.24) is 15.0 Å². The molecule has 5 nitrogen and oxygen atoms in total. The van der Waals surface area contributed by atoms with Gasteiger partial charge in [0.25, 0.3) is 0 Å². The van der Waals surface area contributed by atoms with Crippen molar-refractivity contribution in [2.75, 3.05) is 4.90 Å². The third-order valence-electron chi connectivity index (χ3n) is 11.3. The summed E-state index contributed by atoms with van der Waals surface area (Å²) < 4.78 is 8.84. The highest BCUT2D eigenvalue weighted by molar-refractivity contribution is 7.27. The van der Waals surface area contributed by atoms with Crippen molar-refractivity contribution in [1.29, 1.82) is 0 Å². The number of para-hydroxylation sites is 2. The summed E-state index contributed by atoms with van der Waals surface area (Å²) in [7, 11) is 0. The van der Waals surface area contributed by atoms with Gasteiger partial charge in [-0.05, 0) is 64.7 Å². The molecule has 12 rings (SSSR count). The summed E-state index contributed by atoms with van der Waals surface area (Å²) in [5.74, 6) is 1.91. The van der Waals surface area contributed by atoms with E-state index in [4.69, 9.17) is 19.4 Å². The van der Waals surface area contributed by atoms with Crippen LogP contribution < -0.4 is 4.90 Å². The number of nitrogens with zero attached hydrogens (tertiary/aromatic N) is 4. The van der Waals surface area contributed by atoms with Gasteiger partial charge < -0.3 is 9.32 Å². The van der Waals surface area contributed by atoms with E-state index < -0.39 is 0 Å². The zero-order valence-electron chi connectivity index (χ0n) is 31.6. The van der Waals surface area contributed by atoms with Gasteiger partial charge >= 0.3 is 0 Å². The monoisotopic (exact) mass is 772 g/mol. The molecule has 0 unspecified atom stereocenters. The molecule has 59 heavy (non-hydrogen) atoms. The molecule has 0 aliphatic rings. The van der Waals surface area contributed by atoms with Gasteiger partial charge in [-0.3, -0.25) is 0 Å². The molecule has 3 aromatic heterocycles. The van der Waals surface area contributed by atoms with Crippen molar-refractivity contribution in [2.24, 2.45) is 0 Å². The Morgan fingerprint density at radius 3 is 1.95 bits per heavy atom. The van der Waals surface area contributed by atoms with Crippen molar-refractivity contribution < 1.29 is 4.42 Å². The fraction of sp³-hybridized carbons (Fsp3) is 0. The Labute approximate surface area is 343 Å². The summed E-state index contributed by atoms with van der Waals surface area (Å²) in [6.45, 7) is 0. The largest absolute Gasteiger partial charge is 0.456 e. The molecule has 0 spiro atoms. The summed E-state index contributed by atoms with van der Waals surface area (Å²) >= 11 is 1.81.